The summed E-state index contributed by atoms with van der Waals surface area (Å²) in [4.78, 5) is 26.9. The number of likely N-dealkylation sites (N-methyl/N-ethyl adjacent to an activating group) is 1. The van der Waals surface area contributed by atoms with E-state index in [1.165, 1.54) is 30.3 Å². The molecule has 0 aromatic heterocycles. The lowest BCUT2D eigenvalue weighted by atomic mass is 10.2. The van der Waals surface area contributed by atoms with Crippen molar-refractivity contribution in [1.29, 1.82) is 0 Å². The average molecular weight is 528 g/mol. The molecule has 2 fully saturated rings. The maximum atomic E-state index is 14.8. The maximum absolute atomic E-state index is 14.8. The average Bonchev–Trinajstić information content (AvgIpc) is 3.33. The molecule has 2 saturated heterocycles. The number of nitrogens with one attached hydrogen (secondary N) is 1. The van der Waals surface area contributed by atoms with Gasteiger partial charge in [-0.25, -0.2) is 14.1 Å². The SMILES string of the molecule is Cc1c(Cl)ccc(NC(N2C3C(=O)N(C)C(=O)[N+]32c2ccccc2F)C(Cl)(Cl)Cl)c1Cl. The quantitative estimate of drug-likeness (QED) is 0.240. The Labute approximate surface area is 202 Å². The summed E-state index contributed by atoms with van der Waals surface area (Å²) in [5.41, 5.74) is 0.924. The molecule has 0 spiro atoms. The second-order valence-electron chi connectivity index (χ2n) is 7.19. The number of imide groups is 1. The second-order valence-corrected chi connectivity index (χ2v) is 10.3. The summed E-state index contributed by atoms with van der Waals surface area (Å²) in [6, 6.07) is 8.18. The summed E-state index contributed by atoms with van der Waals surface area (Å²) in [5.74, 6) is -1.22. The van der Waals surface area contributed by atoms with E-state index < -0.39 is 38.5 Å². The third-order valence-electron chi connectivity index (χ3n) is 5.45. The molecule has 0 radical (unpaired) electrons. The fraction of sp³-hybridized carbons (Fsp3) is 0.263. The van der Waals surface area contributed by atoms with Crippen LogP contribution in [0.25, 0.3) is 0 Å². The number of nitrogens with zero attached hydrogens (tertiary/aromatic N) is 3. The minimum atomic E-state index is -2.03. The van der Waals surface area contributed by atoms with E-state index in [0.29, 0.717) is 16.3 Å². The molecule has 4 rings (SSSR count). The normalized spacial score (nSPS) is 26.1. The van der Waals surface area contributed by atoms with Crippen LogP contribution in [0.4, 0.5) is 20.6 Å². The Balaban J connectivity index is 1.83. The Kier molecular flexibility index (Phi) is 5.62. The third-order valence-corrected chi connectivity index (χ3v) is 6.97. The van der Waals surface area contributed by atoms with Crippen LogP contribution in [0.2, 0.25) is 10.0 Å². The molecule has 2 heterocycles. The first-order valence-electron chi connectivity index (χ1n) is 8.96. The van der Waals surface area contributed by atoms with Gasteiger partial charge in [0.15, 0.2) is 17.7 Å². The number of quaternary nitrogens is 1. The molecular weight excluding hydrogens is 512 g/mol. The fourth-order valence-electron chi connectivity index (χ4n) is 3.87. The molecule has 2 aliphatic rings. The van der Waals surface area contributed by atoms with Crippen LogP contribution >= 0.6 is 58.0 Å². The van der Waals surface area contributed by atoms with E-state index in [9.17, 15) is 14.0 Å². The molecule has 2 aliphatic heterocycles. The van der Waals surface area contributed by atoms with Crippen molar-refractivity contribution in [2.75, 3.05) is 12.4 Å². The predicted octanol–water partition coefficient (Wildman–Crippen LogP) is 5.71. The Hall–Kier alpha value is -1.32. The maximum Gasteiger partial charge on any atom is 0.452 e. The van der Waals surface area contributed by atoms with Crippen molar-refractivity contribution in [3.8, 4) is 0 Å². The van der Waals surface area contributed by atoms with Crippen molar-refractivity contribution < 1.29 is 14.0 Å². The van der Waals surface area contributed by atoms with Gasteiger partial charge in [-0.05, 0) is 35.7 Å². The Bertz CT molecular complexity index is 1110. The molecule has 6 nitrogen and oxygen atoms in total. The van der Waals surface area contributed by atoms with E-state index in [0.717, 1.165) is 4.90 Å². The largest absolute Gasteiger partial charge is 0.452 e. The van der Waals surface area contributed by atoms with Gasteiger partial charge in [0.25, 0.3) is 0 Å². The van der Waals surface area contributed by atoms with Crippen LogP contribution in [0.1, 0.15) is 5.56 Å². The number of amides is 3. The van der Waals surface area contributed by atoms with Crippen LogP contribution in [0.15, 0.2) is 36.4 Å². The number of carbonyl (C=O) groups is 2. The summed E-state index contributed by atoms with van der Waals surface area (Å²) < 4.78 is 12.0. The van der Waals surface area contributed by atoms with E-state index in [-0.39, 0.29) is 10.7 Å². The molecule has 0 saturated carbocycles. The van der Waals surface area contributed by atoms with E-state index in [1.807, 2.05) is 0 Å². The van der Waals surface area contributed by atoms with Crippen LogP contribution in [0.5, 0.6) is 0 Å². The Morgan fingerprint density at radius 1 is 1.13 bits per heavy atom. The van der Waals surface area contributed by atoms with Crippen LogP contribution in [0, 0.1) is 12.7 Å². The highest BCUT2D eigenvalue weighted by Gasteiger charge is 2.86. The van der Waals surface area contributed by atoms with Crippen molar-refractivity contribution in [3.63, 3.8) is 0 Å². The van der Waals surface area contributed by atoms with Crippen LogP contribution in [0.3, 0.4) is 0 Å². The molecule has 2 aromatic carbocycles. The highest BCUT2D eigenvalue weighted by Crippen LogP contribution is 2.55. The first-order chi connectivity index (χ1) is 14.4. The van der Waals surface area contributed by atoms with Crippen molar-refractivity contribution in [3.05, 3.63) is 57.8 Å². The number of hydrogen-bond donors (Lipinski definition) is 1. The number of fused-ring (bicyclic) bond motifs is 1. The summed E-state index contributed by atoms with van der Waals surface area (Å²) in [6.07, 6.45) is -2.32. The molecule has 12 heteroatoms. The number of anilines is 1. The zero-order valence-electron chi connectivity index (χ0n) is 16.0. The number of benzene rings is 2. The van der Waals surface area contributed by atoms with Gasteiger partial charge in [-0.3, -0.25) is 4.79 Å². The molecule has 0 aliphatic carbocycles. The number of para-hydroxylation sites is 1. The summed E-state index contributed by atoms with van der Waals surface area (Å²) in [7, 11) is 1.33. The number of carbonyl (C=O) groups excluding carboxylic acids is 2. The van der Waals surface area contributed by atoms with Crippen molar-refractivity contribution in [1.82, 2.24) is 14.5 Å². The first kappa shape index (κ1) is 22.9. The second kappa shape index (κ2) is 7.63. The molecule has 4 atom stereocenters. The van der Waals surface area contributed by atoms with Gasteiger partial charge in [0.05, 0.1) is 10.7 Å². The standard InChI is InChI=1S/C19H15Cl5FN4O2/c1-9-10(20)7-8-12(14(9)21)26-17(19(22,23)24)28-15-16(30)27(2)18(31)29(15,28)13-6-4-3-5-11(13)25/h3-8,15,17,26H,1-2H3/q+1. The van der Waals surface area contributed by atoms with Crippen LogP contribution in [-0.2, 0) is 4.79 Å². The number of rotatable bonds is 4. The van der Waals surface area contributed by atoms with Gasteiger partial charge in [-0.15, -0.1) is 0 Å². The van der Waals surface area contributed by atoms with E-state index in [4.69, 9.17) is 58.0 Å². The van der Waals surface area contributed by atoms with E-state index in [2.05, 4.69) is 5.32 Å². The number of alkyl halides is 3. The van der Waals surface area contributed by atoms with Crippen LogP contribution in [-0.4, -0.2) is 45.0 Å². The van der Waals surface area contributed by atoms with E-state index >= 15 is 0 Å². The molecule has 4 unspecified atom stereocenters. The number of urea groups is 1. The summed E-state index contributed by atoms with van der Waals surface area (Å²) in [6.45, 7) is 1.71. The zero-order valence-corrected chi connectivity index (χ0v) is 19.8. The van der Waals surface area contributed by atoms with Crippen LogP contribution < -0.4 is 9.91 Å². The predicted molar refractivity (Wildman–Crippen MR) is 121 cm³/mol. The van der Waals surface area contributed by atoms with Crippen molar-refractivity contribution >= 4 is 81.3 Å². The van der Waals surface area contributed by atoms with Gasteiger partial charge in [-0.1, -0.05) is 74.7 Å². The smallest absolute Gasteiger partial charge is 0.361 e. The number of hydrogen-bond acceptors (Lipinski definition) is 4. The van der Waals surface area contributed by atoms with Crippen molar-refractivity contribution in [2.24, 2.45) is 0 Å². The van der Waals surface area contributed by atoms with Crippen molar-refractivity contribution in [2.45, 2.75) is 23.0 Å². The van der Waals surface area contributed by atoms with Gasteiger partial charge < -0.3 is 5.32 Å². The zero-order chi connectivity index (χ0) is 22.9. The lowest BCUT2D eigenvalue weighted by Gasteiger charge is -2.29. The first-order valence-corrected chi connectivity index (χ1v) is 10.9. The lowest BCUT2D eigenvalue weighted by Crippen LogP contribution is -2.53. The van der Waals surface area contributed by atoms with Gasteiger partial charge in [0.1, 0.15) is 0 Å². The van der Waals surface area contributed by atoms with Gasteiger partial charge in [0.2, 0.25) is 3.79 Å². The fourth-order valence-corrected chi connectivity index (χ4v) is 4.76. The van der Waals surface area contributed by atoms with Gasteiger partial charge in [-0.2, -0.15) is 0 Å². The molecule has 2 aromatic rings. The lowest BCUT2D eigenvalue weighted by molar-refractivity contribution is -0.126. The highest BCUT2D eigenvalue weighted by atomic mass is 35.6. The highest BCUT2D eigenvalue weighted by molar-refractivity contribution is 6.68. The summed E-state index contributed by atoms with van der Waals surface area (Å²) in [5, 5.41) is 5.03. The Morgan fingerprint density at radius 3 is 2.39 bits per heavy atom. The minimum Gasteiger partial charge on any atom is -0.361 e. The molecule has 164 valence electrons. The number of halogens is 6. The molecule has 1 N–H and O–H groups in total. The molecule has 3 amide bonds. The topological polar surface area (TPSA) is 52.4 Å². The van der Waals surface area contributed by atoms with Gasteiger partial charge in [0, 0.05) is 18.1 Å². The third kappa shape index (κ3) is 3.30. The minimum absolute atomic E-state index is 0.0327. The molecule has 0 bridgehead atoms. The molecular formula is C19H15Cl5FN4O2+. The van der Waals surface area contributed by atoms with E-state index in [1.54, 1.807) is 25.1 Å². The monoisotopic (exact) mass is 525 g/mol. The van der Waals surface area contributed by atoms with Gasteiger partial charge >= 0.3 is 18.1 Å². The summed E-state index contributed by atoms with van der Waals surface area (Å²) >= 11 is 31.3. The Morgan fingerprint density at radius 2 is 1.77 bits per heavy atom. The molecule has 31 heavy (non-hydrogen) atoms.